The summed E-state index contributed by atoms with van der Waals surface area (Å²) in [5.74, 6) is -1.35. The van der Waals surface area contributed by atoms with Crippen LogP contribution in [0, 0.1) is 5.82 Å². The molecular weight excluding hydrogens is 213 g/mol. The second-order valence-electron chi connectivity index (χ2n) is 2.76. The predicted molar refractivity (Wildman–Crippen MR) is 48.4 cm³/mol. The average Bonchev–Trinajstić information content (AvgIpc) is 2.55. The Bertz CT molecular complexity index is 478. The minimum absolute atomic E-state index is 0.166. The van der Waals surface area contributed by atoms with Gasteiger partial charge in [-0.05, 0) is 12.1 Å². The van der Waals surface area contributed by atoms with Crippen molar-refractivity contribution in [2.24, 2.45) is 0 Å². The maximum Gasteiger partial charge on any atom is 0.265 e. The van der Waals surface area contributed by atoms with Crippen molar-refractivity contribution >= 4 is 21.4 Å². The molecule has 0 saturated carbocycles. The van der Waals surface area contributed by atoms with E-state index in [-0.39, 0.29) is 15.6 Å². The molecular formula is C9H5F3OS. The van der Waals surface area contributed by atoms with Gasteiger partial charge in [-0.25, -0.2) is 13.2 Å². The van der Waals surface area contributed by atoms with Gasteiger partial charge in [0.25, 0.3) is 6.43 Å². The number of thiophene rings is 1. The molecule has 1 aromatic heterocycles. The van der Waals surface area contributed by atoms with E-state index in [9.17, 15) is 18.3 Å². The Morgan fingerprint density at radius 2 is 2.00 bits per heavy atom. The van der Waals surface area contributed by atoms with E-state index in [1.807, 2.05) is 0 Å². The Hall–Kier alpha value is -1.23. The van der Waals surface area contributed by atoms with Gasteiger partial charge in [0.15, 0.2) is 11.6 Å². The van der Waals surface area contributed by atoms with Crippen LogP contribution >= 0.6 is 11.3 Å². The minimum atomic E-state index is -2.60. The van der Waals surface area contributed by atoms with Crippen LogP contribution < -0.4 is 0 Å². The van der Waals surface area contributed by atoms with Crippen LogP contribution in [0.2, 0.25) is 0 Å². The molecule has 0 fully saturated rings. The van der Waals surface area contributed by atoms with Crippen LogP contribution in [-0.4, -0.2) is 5.11 Å². The van der Waals surface area contributed by atoms with Gasteiger partial charge in [-0.2, -0.15) is 0 Å². The number of rotatable bonds is 1. The lowest BCUT2D eigenvalue weighted by Gasteiger charge is -1.98. The molecule has 0 atom stereocenters. The van der Waals surface area contributed by atoms with E-state index in [0.717, 1.165) is 17.4 Å². The fourth-order valence-corrected chi connectivity index (χ4v) is 2.25. The standard InChI is InChI=1S/C9H5F3OS/c10-6-2-1-4-5(9(11)12)3-14-8(4)7(6)13/h1-3,9,13H. The minimum Gasteiger partial charge on any atom is -0.504 e. The van der Waals surface area contributed by atoms with Crippen LogP contribution in [-0.2, 0) is 0 Å². The molecule has 1 nitrogen and oxygen atoms in total. The quantitative estimate of drug-likeness (QED) is 0.774. The van der Waals surface area contributed by atoms with Crippen LogP contribution in [0.5, 0.6) is 5.75 Å². The Labute approximate surface area is 81.4 Å². The van der Waals surface area contributed by atoms with E-state index >= 15 is 0 Å². The van der Waals surface area contributed by atoms with E-state index < -0.39 is 18.0 Å². The molecule has 0 saturated heterocycles. The zero-order valence-corrected chi connectivity index (χ0v) is 7.62. The molecule has 0 bridgehead atoms. The summed E-state index contributed by atoms with van der Waals surface area (Å²) in [5.41, 5.74) is -0.166. The van der Waals surface area contributed by atoms with Crippen LogP contribution in [0.1, 0.15) is 12.0 Å². The Morgan fingerprint density at radius 3 is 2.64 bits per heavy atom. The van der Waals surface area contributed by atoms with Gasteiger partial charge >= 0.3 is 0 Å². The third-order valence-corrected chi connectivity index (χ3v) is 2.95. The fraction of sp³-hybridized carbons (Fsp3) is 0.111. The fourth-order valence-electron chi connectivity index (χ4n) is 1.25. The average molecular weight is 218 g/mol. The number of halogens is 3. The first kappa shape index (κ1) is 9.33. The predicted octanol–water partition coefficient (Wildman–Crippen LogP) is 3.68. The molecule has 1 aromatic carbocycles. The highest BCUT2D eigenvalue weighted by Crippen LogP contribution is 2.38. The summed E-state index contributed by atoms with van der Waals surface area (Å²) in [6.45, 7) is 0. The zero-order chi connectivity index (χ0) is 10.3. The molecule has 0 radical (unpaired) electrons. The lowest BCUT2D eigenvalue weighted by molar-refractivity contribution is 0.153. The number of hydrogen-bond acceptors (Lipinski definition) is 2. The second-order valence-corrected chi connectivity index (χ2v) is 3.64. The van der Waals surface area contributed by atoms with Crippen molar-refractivity contribution < 1.29 is 18.3 Å². The molecule has 2 rings (SSSR count). The van der Waals surface area contributed by atoms with Crippen LogP contribution in [0.3, 0.4) is 0 Å². The Balaban J connectivity index is 2.77. The Kier molecular flexibility index (Phi) is 2.11. The molecule has 2 aromatic rings. The highest BCUT2D eigenvalue weighted by atomic mass is 32.1. The van der Waals surface area contributed by atoms with Crippen molar-refractivity contribution in [3.05, 3.63) is 28.9 Å². The SMILES string of the molecule is Oc1c(F)ccc2c(C(F)F)csc12. The molecule has 14 heavy (non-hydrogen) atoms. The number of hydrogen-bond donors (Lipinski definition) is 1. The molecule has 1 heterocycles. The first-order valence-electron chi connectivity index (χ1n) is 3.78. The summed E-state index contributed by atoms with van der Waals surface area (Å²) in [6.07, 6.45) is -2.60. The molecule has 74 valence electrons. The van der Waals surface area contributed by atoms with E-state index in [1.165, 1.54) is 11.4 Å². The highest BCUT2D eigenvalue weighted by molar-refractivity contribution is 7.17. The monoisotopic (exact) mass is 218 g/mol. The van der Waals surface area contributed by atoms with Crippen molar-refractivity contribution in [3.8, 4) is 5.75 Å². The van der Waals surface area contributed by atoms with Crippen molar-refractivity contribution in [2.75, 3.05) is 0 Å². The number of benzene rings is 1. The van der Waals surface area contributed by atoms with Crippen LogP contribution in [0.15, 0.2) is 17.5 Å². The van der Waals surface area contributed by atoms with E-state index in [1.54, 1.807) is 0 Å². The molecule has 0 spiro atoms. The lowest BCUT2D eigenvalue weighted by Crippen LogP contribution is -1.81. The number of fused-ring (bicyclic) bond motifs is 1. The van der Waals surface area contributed by atoms with Gasteiger partial charge in [0, 0.05) is 16.3 Å². The highest BCUT2D eigenvalue weighted by Gasteiger charge is 2.16. The first-order chi connectivity index (χ1) is 6.61. The first-order valence-corrected chi connectivity index (χ1v) is 4.66. The van der Waals surface area contributed by atoms with E-state index in [0.29, 0.717) is 0 Å². The number of aromatic hydroxyl groups is 1. The molecule has 0 aliphatic rings. The largest absolute Gasteiger partial charge is 0.504 e. The maximum absolute atomic E-state index is 12.8. The summed E-state index contributed by atoms with van der Waals surface area (Å²) in [5, 5.41) is 10.7. The molecule has 0 aliphatic heterocycles. The summed E-state index contributed by atoms with van der Waals surface area (Å²) in [4.78, 5) is 0. The van der Waals surface area contributed by atoms with Crippen LogP contribution in [0.25, 0.3) is 10.1 Å². The van der Waals surface area contributed by atoms with Gasteiger partial charge in [-0.3, -0.25) is 0 Å². The van der Waals surface area contributed by atoms with Crippen molar-refractivity contribution in [2.45, 2.75) is 6.43 Å². The van der Waals surface area contributed by atoms with Crippen molar-refractivity contribution in [1.82, 2.24) is 0 Å². The van der Waals surface area contributed by atoms with Crippen molar-refractivity contribution in [3.63, 3.8) is 0 Å². The number of phenols is 1. The summed E-state index contributed by atoms with van der Waals surface area (Å²) in [7, 11) is 0. The van der Waals surface area contributed by atoms with Crippen molar-refractivity contribution in [1.29, 1.82) is 0 Å². The van der Waals surface area contributed by atoms with Gasteiger partial charge in [0.1, 0.15) is 0 Å². The van der Waals surface area contributed by atoms with Gasteiger partial charge < -0.3 is 5.11 Å². The number of alkyl halides is 2. The Morgan fingerprint density at radius 1 is 1.29 bits per heavy atom. The van der Waals surface area contributed by atoms with Gasteiger partial charge in [0.05, 0.1) is 4.70 Å². The molecule has 0 amide bonds. The second kappa shape index (κ2) is 3.16. The molecule has 0 aliphatic carbocycles. The maximum atomic E-state index is 12.8. The van der Waals surface area contributed by atoms with Crippen LogP contribution in [0.4, 0.5) is 13.2 Å². The normalized spacial score (nSPS) is 11.4. The lowest BCUT2D eigenvalue weighted by atomic mass is 10.2. The summed E-state index contributed by atoms with van der Waals surface area (Å²) >= 11 is 0.913. The number of phenolic OH excluding ortho intramolecular Hbond substituents is 1. The summed E-state index contributed by atoms with van der Waals surface area (Å²) in [6, 6.07) is 2.23. The summed E-state index contributed by atoms with van der Waals surface area (Å²) < 4.78 is 37.8. The molecule has 0 unspecified atom stereocenters. The van der Waals surface area contributed by atoms with Gasteiger partial charge in [-0.15, -0.1) is 11.3 Å². The van der Waals surface area contributed by atoms with E-state index in [4.69, 9.17) is 0 Å². The third kappa shape index (κ3) is 1.24. The topological polar surface area (TPSA) is 20.2 Å². The van der Waals surface area contributed by atoms with Gasteiger partial charge in [0.2, 0.25) is 0 Å². The molecule has 1 N–H and O–H groups in total. The zero-order valence-electron chi connectivity index (χ0n) is 6.80. The van der Waals surface area contributed by atoms with E-state index in [2.05, 4.69) is 0 Å². The molecule has 5 heteroatoms. The van der Waals surface area contributed by atoms with Gasteiger partial charge in [-0.1, -0.05) is 0 Å². The smallest absolute Gasteiger partial charge is 0.265 e. The third-order valence-electron chi connectivity index (χ3n) is 1.93.